The van der Waals surface area contributed by atoms with E-state index in [-0.39, 0.29) is 12.0 Å². The number of nitrogens with zero attached hydrogens (tertiary/aromatic N) is 4. The smallest absolute Gasteiger partial charge is 0.258 e. The maximum Gasteiger partial charge on any atom is 0.258 e. The van der Waals surface area contributed by atoms with Crippen LogP contribution < -0.4 is 10.1 Å². The molecule has 3 aliphatic heterocycles. The number of ether oxygens (including phenoxy) is 1. The van der Waals surface area contributed by atoms with E-state index in [1.165, 1.54) is 6.42 Å². The van der Waals surface area contributed by atoms with Crippen LogP contribution in [-0.2, 0) is 13.1 Å². The number of fused-ring (bicyclic) bond motifs is 5. The zero-order valence-corrected chi connectivity index (χ0v) is 19.0. The Morgan fingerprint density at radius 2 is 2.06 bits per heavy atom. The van der Waals surface area contributed by atoms with Gasteiger partial charge in [0.25, 0.3) is 5.91 Å². The van der Waals surface area contributed by atoms with Crippen LogP contribution in [0.1, 0.15) is 53.5 Å². The first-order valence-corrected chi connectivity index (χ1v) is 11.7. The van der Waals surface area contributed by atoms with Crippen molar-refractivity contribution in [3.8, 4) is 5.75 Å². The quantitative estimate of drug-likeness (QED) is 0.656. The molecule has 3 aliphatic rings. The van der Waals surface area contributed by atoms with Gasteiger partial charge in [-0.15, -0.1) is 0 Å². The Labute approximate surface area is 191 Å². The van der Waals surface area contributed by atoms with Crippen molar-refractivity contribution in [3.63, 3.8) is 0 Å². The number of carbonyl (C=O) groups is 1. The monoisotopic (exact) mass is 451 g/mol. The second-order valence-corrected chi connectivity index (χ2v) is 9.81. The molecule has 0 spiro atoms. The second kappa shape index (κ2) is 7.46. The van der Waals surface area contributed by atoms with E-state index in [1.54, 1.807) is 10.7 Å². The molecule has 1 N–H and O–H groups in total. The van der Waals surface area contributed by atoms with Crippen molar-refractivity contribution in [2.24, 2.45) is 5.92 Å². The number of aromatic nitrogens is 3. The Hall–Kier alpha value is -2.64. The van der Waals surface area contributed by atoms with E-state index in [9.17, 15) is 4.79 Å². The molecule has 2 fully saturated rings. The summed E-state index contributed by atoms with van der Waals surface area (Å²) in [6.07, 6.45) is 4.97. The predicted molar refractivity (Wildman–Crippen MR) is 121 cm³/mol. The summed E-state index contributed by atoms with van der Waals surface area (Å²) in [7, 11) is 0. The number of aryl methyl sites for hydroxylation is 1. The molecule has 2 aromatic heterocycles. The van der Waals surface area contributed by atoms with Crippen LogP contribution in [0.25, 0.3) is 5.65 Å². The first-order chi connectivity index (χ1) is 15.5. The molecule has 2 bridgehead atoms. The molecule has 32 heavy (non-hydrogen) atoms. The van der Waals surface area contributed by atoms with Gasteiger partial charge in [-0.1, -0.05) is 30.7 Å². The third-order valence-corrected chi connectivity index (χ3v) is 7.62. The SMILES string of the molecule is Cc1c(Cl)cnc2c3c(nn12)CN(C(=O)c1ccccc1OC1CC2C[C@@H](C)C(C1)N2)C3. The van der Waals surface area contributed by atoms with E-state index >= 15 is 0 Å². The number of nitrogens with one attached hydrogen (secondary N) is 1. The average Bonchev–Trinajstić information content (AvgIpc) is 3.42. The second-order valence-electron chi connectivity index (χ2n) is 9.40. The predicted octanol–water partition coefficient (Wildman–Crippen LogP) is 3.75. The van der Waals surface area contributed by atoms with Crippen molar-refractivity contribution in [1.82, 2.24) is 24.8 Å². The first kappa shape index (κ1) is 20.0. The molecular formula is C24H26ClN5O2. The van der Waals surface area contributed by atoms with Crippen molar-refractivity contribution in [2.45, 2.75) is 64.4 Å². The molecule has 6 rings (SSSR count). The molecule has 3 unspecified atom stereocenters. The standard InChI is InChI=1S/C24H26ClN5O2/c1-13-7-15-8-16(9-20(13)27-15)32-22-6-4-3-5-17(22)24(31)29-11-18-21(12-29)28-30-14(2)19(25)10-26-23(18)30/h3-6,10,13,15-16,20,27H,7-9,11-12H2,1-2H3/t13-,15?,16?,20?/m1/s1. The third-order valence-electron chi connectivity index (χ3n) is 7.25. The number of piperidine rings is 1. The number of hydrogen-bond acceptors (Lipinski definition) is 5. The minimum absolute atomic E-state index is 0.0345. The molecule has 0 saturated carbocycles. The number of benzene rings is 1. The number of hydrogen-bond donors (Lipinski definition) is 1. The summed E-state index contributed by atoms with van der Waals surface area (Å²) < 4.78 is 8.20. The molecule has 0 radical (unpaired) electrons. The van der Waals surface area contributed by atoms with Crippen molar-refractivity contribution in [3.05, 3.63) is 58.0 Å². The lowest BCUT2D eigenvalue weighted by Gasteiger charge is -2.31. The van der Waals surface area contributed by atoms with E-state index in [2.05, 4.69) is 22.3 Å². The Morgan fingerprint density at radius 1 is 1.22 bits per heavy atom. The van der Waals surface area contributed by atoms with Crippen molar-refractivity contribution < 1.29 is 9.53 Å². The van der Waals surface area contributed by atoms with Crippen LogP contribution in [0.3, 0.4) is 0 Å². The van der Waals surface area contributed by atoms with Gasteiger partial charge in [0.2, 0.25) is 0 Å². The molecular weight excluding hydrogens is 426 g/mol. The summed E-state index contributed by atoms with van der Waals surface area (Å²) in [6.45, 7) is 5.17. The topological polar surface area (TPSA) is 71.8 Å². The maximum absolute atomic E-state index is 13.5. The molecule has 1 aromatic carbocycles. The van der Waals surface area contributed by atoms with Crippen LogP contribution in [0, 0.1) is 12.8 Å². The Kier molecular flexibility index (Phi) is 4.66. The fourth-order valence-corrected chi connectivity index (χ4v) is 5.65. The molecule has 3 aromatic rings. The van der Waals surface area contributed by atoms with Gasteiger partial charge in [-0.2, -0.15) is 5.10 Å². The van der Waals surface area contributed by atoms with Gasteiger partial charge in [0.15, 0.2) is 5.65 Å². The van der Waals surface area contributed by atoms with Gasteiger partial charge in [-0.25, -0.2) is 9.50 Å². The molecule has 166 valence electrons. The number of para-hydroxylation sites is 1. The van der Waals surface area contributed by atoms with Gasteiger partial charge in [0.05, 0.1) is 35.1 Å². The first-order valence-electron chi connectivity index (χ1n) is 11.3. The van der Waals surface area contributed by atoms with Crippen molar-refractivity contribution in [1.29, 1.82) is 0 Å². The normalized spacial score (nSPS) is 26.5. The fourth-order valence-electron chi connectivity index (χ4n) is 5.53. The highest BCUT2D eigenvalue weighted by atomic mass is 35.5. The zero-order chi connectivity index (χ0) is 22.0. The third kappa shape index (κ3) is 3.18. The van der Waals surface area contributed by atoms with Crippen molar-refractivity contribution >= 4 is 23.2 Å². The van der Waals surface area contributed by atoms with Crippen molar-refractivity contribution in [2.75, 3.05) is 0 Å². The van der Waals surface area contributed by atoms with E-state index in [0.29, 0.717) is 47.4 Å². The molecule has 2 saturated heterocycles. The summed E-state index contributed by atoms with van der Waals surface area (Å²) in [4.78, 5) is 19.8. The molecule has 5 heterocycles. The van der Waals surface area contributed by atoms with Gasteiger partial charge in [-0.05, 0) is 44.2 Å². The fraction of sp³-hybridized carbons (Fsp3) is 0.458. The molecule has 0 aliphatic carbocycles. The van der Waals surface area contributed by atoms with Gasteiger partial charge >= 0.3 is 0 Å². The molecule has 1 amide bonds. The van der Waals surface area contributed by atoms with E-state index in [4.69, 9.17) is 16.3 Å². The number of rotatable bonds is 3. The summed E-state index contributed by atoms with van der Waals surface area (Å²) in [6, 6.07) is 8.64. The highest BCUT2D eigenvalue weighted by Gasteiger charge is 2.39. The van der Waals surface area contributed by atoms with Crippen LogP contribution in [0.15, 0.2) is 30.5 Å². The zero-order valence-electron chi connectivity index (χ0n) is 18.2. The Balaban J connectivity index is 1.23. The van der Waals surface area contributed by atoms with Crippen LogP contribution in [0.2, 0.25) is 5.02 Å². The minimum Gasteiger partial charge on any atom is -0.489 e. The number of amides is 1. The highest BCUT2D eigenvalue weighted by Crippen LogP contribution is 2.35. The Bertz CT molecular complexity index is 1220. The largest absolute Gasteiger partial charge is 0.489 e. The van der Waals surface area contributed by atoms with E-state index in [0.717, 1.165) is 35.4 Å². The summed E-state index contributed by atoms with van der Waals surface area (Å²) >= 11 is 6.19. The number of carbonyl (C=O) groups excluding carboxylic acids is 1. The van der Waals surface area contributed by atoms with Gasteiger partial charge in [-0.3, -0.25) is 4.79 Å². The maximum atomic E-state index is 13.5. The summed E-state index contributed by atoms with van der Waals surface area (Å²) in [5, 5.41) is 8.93. The summed E-state index contributed by atoms with van der Waals surface area (Å²) in [5.74, 6) is 1.32. The van der Waals surface area contributed by atoms with Gasteiger partial charge in [0.1, 0.15) is 11.9 Å². The lowest BCUT2D eigenvalue weighted by atomic mass is 9.99. The molecule has 8 heteroatoms. The van der Waals surface area contributed by atoms with E-state index in [1.807, 2.05) is 36.1 Å². The molecule has 4 atom stereocenters. The van der Waals surface area contributed by atoms with Crippen LogP contribution in [0.5, 0.6) is 5.75 Å². The lowest BCUT2D eigenvalue weighted by Crippen LogP contribution is -2.43. The Morgan fingerprint density at radius 3 is 2.91 bits per heavy atom. The van der Waals surface area contributed by atoms with Gasteiger partial charge < -0.3 is 15.0 Å². The average molecular weight is 452 g/mol. The van der Waals surface area contributed by atoms with Crippen LogP contribution in [-0.4, -0.2) is 43.6 Å². The van der Waals surface area contributed by atoms with Crippen LogP contribution >= 0.6 is 11.6 Å². The molecule has 7 nitrogen and oxygen atoms in total. The van der Waals surface area contributed by atoms with E-state index < -0.39 is 0 Å². The lowest BCUT2D eigenvalue weighted by molar-refractivity contribution is 0.0736. The minimum atomic E-state index is -0.0345. The number of halogens is 1. The highest BCUT2D eigenvalue weighted by molar-refractivity contribution is 6.31. The van der Waals surface area contributed by atoms with Crippen LogP contribution in [0.4, 0.5) is 0 Å². The summed E-state index contributed by atoms with van der Waals surface area (Å²) in [5.41, 5.74) is 4.09. The van der Waals surface area contributed by atoms with Gasteiger partial charge in [0, 0.05) is 23.8 Å².